The van der Waals surface area contributed by atoms with E-state index in [9.17, 15) is 5.26 Å². The molecule has 0 aliphatic carbocycles. The third-order valence-corrected chi connectivity index (χ3v) is 4.04. The Morgan fingerprint density at radius 2 is 2.08 bits per heavy atom. The van der Waals surface area contributed by atoms with Crippen LogP contribution in [0, 0.1) is 18.3 Å². The zero-order valence-corrected chi connectivity index (χ0v) is 14.4. The van der Waals surface area contributed by atoms with Gasteiger partial charge >= 0.3 is 0 Å². The first kappa shape index (κ1) is 16.7. The SMILES string of the molecule is CCOc1ccc(C2C(C#N)=C(N)Oc3n[nH]c(C)c32)c(OCC)c1. The molecule has 0 fully saturated rings. The van der Waals surface area contributed by atoms with Gasteiger partial charge in [-0.2, -0.15) is 5.26 Å². The van der Waals surface area contributed by atoms with Gasteiger partial charge in [0.05, 0.1) is 19.1 Å². The molecule has 0 saturated heterocycles. The molecule has 2 heterocycles. The largest absolute Gasteiger partial charge is 0.494 e. The first-order chi connectivity index (χ1) is 12.1. The van der Waals surface area contributed by atoms with Gasteiger partial charge in [-0.15, -0.1) is 5.10 Å². The predicted octanol–water partition coefficient (Wildman–Crippen LogP) is 2.73. The quantitative estimate of drug-likeness (QED) is 0.867. The van der Waals surface area contributed by atoms with E-state index in [1.54, 1.807) is 0 Å². The third kappa shape index (κ3) is 2.87. The number of nitrogens with one attached hydrogen (secondary N) is 1. The maximum atomic E-state index is 9.64. The molecule has 0 saturated carbocycles. The van der Waals surface area contributed by atoms with Crippen LogP contribution in [0.15, 0.2) is 29.7 Å². The van der Waals surface area contributed by atoms with Gasteiger partial charge in [-0.05, 0) is 26.8 Å². The minimum Gasteiger partial charge on any atom is -0.494 e. The van der Waals surface area contributed by atoms with Gasteiger partial charge < -0.3 is 19.9 Å². The number of nitriles is 1. The normalized spacial score (nSPS) is 16.0. The molecule has 7 heteroatoms. The van der Waals surface area contributed by atoms with Crippen molar-refractivity contribution in [2.24, 2.45) is 5.73 Å². The maximum Gasteiger partial charge on any atom is 0.244 e. The number of ether oxygens (including phenoxy) is 3. The molecule has 1 unspecified atom stereocenters. The molecule has 1 aromatic heterocycles. The lowest BCUT2D eigenvalue weighted by Gasteiger charge is -2.25. The molecule has 0 amide bonds. The number of aromatic amines is 1. The van der Waals surface area contributed by atoms with Crippen molar-refractivity contribution in [3.8, 4) is 23.4 Å². The van der Waals surface area contributed by atoms with E-state index in [4.69, 9.17) is 19.9 Å². The zero-order chi connectivity index (χ0) is 18.0. The standard InChI is InChI=1S/C18H20N4O3/c1-4-23-11-6-7-12(14(8-11)24-5-2)16-13(9-19)17(20)25-18-15(16)10(3)21-22-18/h6-8,16H,4-5,20H2,1-3H3,(H,21,22). The van der Waals surface area contributed by atoms with Crippen LogP contribution in [0.25, 0.3) is 0 Å². The van der Waals surface area contributed by atoms with E-state index >= 15 is 0 Å². The van der Waals surface area contributed by atoms with E-state index in [2.05, 4.69) is 16.3 Å². The number of aryl methyl sites for hydroxylation is 1. The van der Waals surface area contributed by atoms with E-state index in [0.717, 1.165) is 16.8 Å². The van der Waals surface area contributed by atoms with Crippen LogP contribution in [0.2, 0.25) is 0 Å². The van der Waals surface area contributed by atoms with E-state index in [1.807, 2.05) is 39.0 Å². The van der Waals surface area contributed by atoms with Crippen molar-refractivity contribution in [1.82, 2.24) is 10.2 Å². The molecule has 0 radical (unpaired) electrons. The van der Waals surface area contributed by atoms with Crippen molar-refractivity contribution in [2.75, 3.05) is 13.2 Å². The highest BCUT2D eigenvalue weighted by atomic mass is 16.5. The van der Waals surface area contributed by atoms with Crippen molar-refractivity contribution in [2.45, 2.75) is 26.7 Å². The smallest absolute Gasteiger partial charge is 0.244 e. The minimum atomic E-state index is -0.412. The summed E-state index contributed by atoms with van der Waals surface area (Å²) in [6, 6.07) is 7.76. The molecule has 0 spiro atoms. The van der Waals surface area contributed by atoms with Gasteiger partial charge in [-0.3, -0.25) is 5.10 Å². The summed E-state index contributed by atoms with van der Waals surface area (Å²) in [7, 11) is 0. The molecule has 1 aliphatic heterocycles. The fourth-order valence-corrected chi connectivity index (χ4v) is 3.00. The Morgan fingerprint density at radius 3 is 2.76 bits per heavy atom. The second-order valence-corrected chi connectivity index (χ2v) is 5.56. The van der Waals surface area contributed by atoms with Crippen LogP contribution in [-0.2, 0) is 0 Å². The Bertz CT molecular complexity index is 864. The van der Waals surface area contributed by atoms with Gasteiger partial charge in [0.15, 0.2) is 0 Å². The number of hydrogen-bond donors (Lipinski definition) is 2. The van der Waals surface area contributed by atoms with Crippen LogP contribution >= 0.6 is 0 Å². The number of nitrogens with zero attached hydrogens (tertiary/aromatic N) is 2. The molecular weight excluding hydrogens is 320 g/mol. The number of nitrogens with two attached hydrogens (primary N) is 1. The van der Waals surface area contributed by atoms with Gasteiger partial charge in [0.25, 0.3) is 0 Å². The zero-order valence-electron chi connectivity index (χ0n) is 14.4. The van der Waals surface area contributed by atoms with Crippen LogP contribution in [0.5, 0.6) is 17.4 Å². The molecule has 130 valence electrons. The Labute approximate surface area is 146 Å². The minimum absolute atomic E-state index is 0.0582. The highest BCUT2D eigenvalue weighted by Gasteiger charge is 2.35. The van der Waals surface area contributed by atoms with Crippen molar-refractivity contribution in [3.63, 3.8) is 0 Å². The second kappa shape index (κ2) is 6.77. The summed E-state index contributed by atoms with van der Waals surface area (Å²) >= 11 is 0. The van der Waals surface area contributed by atoms with Crippen LogP contribution in [0.4, 0.5) is 0 Å². The number of H-pyrrole nitrogens is 1. The number of rotatable bonds is 5. The van der Waals surface area contributed by atoms with Crippen molar-refractivity contribution < 1.29 is 14.2 Å². The lowest BCUT2D eigenvalue weighted by molar-refractivity contribution is 0.319. The topological polar surface area (TPSA) is 106 Å². The molecule has 0 bridgehead atoms. The molecule has 3 N–H and O–H groups in total. The number of hydrogen-bond acceptors (Lipinski definition) is 6. The van der Waals surface area contributed by atoms with E-state index in [0.29, 0.717) is 36.2 Å². The Hall–Kier alpha value is -3.14. The number of fused-ring (bicyclic) bond motifs is 1. The second-order valence-electron chi connectivity index (χ2n) is 5.56. The molecule has 25 heavy (non-hydrogen) atoms. The first-order valence-corrected chi connectivity index (χ1v) is 8.12. The molecule has 3 rings (SSSR count). The predicted molar refractivity (Wildman–Crippen MR) is 91.4 cm³/mol. The average Bonchev–Trinajstić information content (AvgIpc) is 2.95. The highest BCUT2D eigenvalue weighted by molar-refractivity contribution is 5.59. The van der Waals surface area contributed by atoms with Gasteiger partial charge in [-0.25, -0.2) is 0 Å². The van der Waals surface area contributed by atoms with Gasteiger partial charge in [0.1, 0.15) is 23.1 Å². The highest BCUT2D eigenvalue weighted by Crippen LogP contribution is 2.46. The fraction of sp³-hybridized carbons (Fsp3) is 0.333. The Balaban J connectivity index is 2.19. The molecule has 2 aromatic rings. The van der Waals surface area contributed by atoms with E-state index in [-0.39, 0.29) is 5.88 Å². The molecule has 1 aliphatic rings. The molecule has 7 nitrogen and oxygen atoms in total. The number of benzene rings is 1. The lowest BCUT2D eigenvalue weighted by Crippen LogP contribution is -2.21. The summed E-state index contributed by atoms with van der Waals surface area (Å²) in [5.41, 5.74) is 8.72. The van der Waals surface area contributed by atoms with E-state index in [1.165, 1.54) is 0 Å². The summed E-state index contributed by atoms with van der Waals surface area (Å²) in [4.78, 5) is 0. The van der Waals surface area contributed by atoms with Crippen molar-refractivity contribution in [1.29, 1.82) is 5.26 Å². The number of aromatic nitrogens is 2. The summed E-state index contributed by atoms with van der Waals surface area (Å²) in [5.74, 6) is 1.39. The first-order valence-electron chi connectivity index (χ1n) is 8.12. The molecule has 1 atom stereocenters. The lowest BCUT2D eigenvalue weighted by atomic mass is 9.83. The number of allylic oxidation sites excluding steroid dienone is 1. The maximum absolute atomic E-state index is 9.64. The van der Waals surface area contributed by atoms with Crippen molar-refractivity contribution >= 4 is 0 Å². The van der Waals surface area contributed by atoms with Gasteiger partial charge in [-0.1, -0.05) is 6.07 Å². The average molecular weight is 340 g/mol. The van der Waals surface area contributed by atoms with Crippen LogP contribution < -0.4 is 19.9 Å². The monoisotopic (exact) mass is 340 g/mol. The summed E-state index contributed by atoms with van der Waals surface area (Å²) < 4.78 is 16.9. The molecule has 1 aromatic carbocycles. The van der Waals surface area contributed by atoms with Crippen LogP contribution in [0.3, 0.4) is 0 Å². The summed E-state index contributed by atoms with van der Waals surface area (Å²) in [6.07, 6.45) is 0. The van der Waals surface area contributed by atoms with Crippen LogP contribution in [-0.4, -0.2) is 23.4 Å². The molecular formula is C18H20N4O3. The Kier molecular flexibility index (Phi) is 4.52. The fourth-order valence-electron chi connectivity index (χ4n) is 3.00. The van der Waals surface area contributed by atoms with Crippen molar-refractivity contribution in [3.05, 3.63) is 46.5 Å². The van der Waals surface area contributed by atoms with Gasteiger partial charge in [0, 0.05) is 22.9 Å². The van der Waals surface area contributed by atoms with Crippen LogP contribution in [0.1, 0.15) is 36.6 Å². The Morgan fingerprint density at radius 1 is 1.32 bits per heavy atom. The summed E-state index contributed by atoms with van der Waals surface area (Å²) in [5, 5.41) is 16.7. The third-order valence-electron chi connectivity index (χ3n) is 4.04. The summed E-state index contributed by atoms with van der Waals surface area (Å²) in [6.45, 7) is 6.76. The van der Waals surface area contributed by atoms with Gasteiger partial charge in [0.2, 0.25) is 11.8 Å². The van der Waals surface area contributed by atoms with E-state index < -0.39 is 5.92 Å².